The van der Waals surface area contributed by atoms with Crippen LogP contribution in [0.4, 0.5) is 0 Å². The lowest BCUT2D eigenvalue weighted by Crippen LogP contribution is -1.94. The molecule has 0 saturated carbocycles. The van der Waals surface area contributed by atoms with Gasteiger partial charge in [-0.1, -0.05) is 0 Å². The minimum atomic E-state index is -1.10. The molecule has 1 N–H and O–H groups in total. The van der Waals surface area contributed by atoms with Gasteiger partial charge in [-0.05, 0) is 27.5 Å². The molecule has 0 radical (unpaired) electrons. The Morgan fingerprint density at radius 1 is 1.64 bits per heavy atom. The smallest absolute Gasteiger partial charge is 0.356 e. The molecule has 0 atom stereocenters. The number of imidazole rings is 1. The van der Waals surface area contributed by atoms with Gasteiger partial charge in [0, 0.05) is 12.4 Å². The number of aromatic carboxylic acids is 1. The summed E-state index contributed by atoms with van der Waals surface area (Å²) in [7, 11) is 0. The van der Waals surface area contributed by atoms with E-state index in [0.717, 1.165) is 0 Å². The van der Waals surface area contributed by atoms with Crippen LogP contribution in [0.1, 0.15) is 10.5 Å². The number of aromatic nitrogens is 3. The molecule has 0 aromatic carbocycles. The highest BCUT2D eigenvalue weighted by atomic mass is 79.9. The van der Waals surface area contributed by atoms with Crippen LogP contribution in [0, 0.1) is 0 Å². The monoisotopic (exact) mass is 275 g/mol. The average molecular weight is 276 g/mol. The van der Waals surface area contributed by atoms with E-state index >= 15 is 0 Å². The van der Waals surface area contributed by atoms with Crippen molar-refractivity contribution < 1.29 is 9.90 Å². The summed E-state index contributed by atoms with van der Waals surface area (Å²) in [5.74, 6) is -1.10. The quantitative estimate of drug-likeness (QED) is 0.807. The van der Waals surface area contributed by atoms with Gasteiger partial charge in [0.1, 0.15) is 0 Å². The first-order chi connectivity index (χ1) is 6.59. The van der Waals surface area contributed by atoms with E-state index in [2.05, 4.69) is 25.9 Å². The molecule has 0 fully saturated rings. The predicted octanol–water partition coefficient (Wildman–Crippen LogP) is 1.84. The van der Waals surface area contributed by atoms with Gasteiger partial charge in [0.25, 0.3) is 0 Å². The zero-order chi connectivity index (χ0) is 10.3. The first-order valence-corrected chi connectivity index (χ1v) is 4.69. The second-order valence-electron chi connectivity index (χ2n) is 2.50. The summed E-state index contributed by atoms with van der Waals surface area (Å²) < 4.78 is 1.99. The molecule has 72 valence electrons. The van der Waals surface area contributed by atoms with E-state index < -0.39 is 5.97 Å². The molecule has 0 aliphatic heterocycles. The number of hydrogen-bond acceptors (Lipinski definition) is 3. The van der Waals surface area contributed by atoms with E-state index in [1.165, 1.54) is 16.8 Å². The molecule has 0 aliphatic carbocycles. The Morgan fingerprint density at radius 2 is 2.36 bits per heavy atom. The summed E-state index contributed by atoms with van der Waals surface area (Å²) in [5.41, 5.74) is 0.364. The van der Waals surface area contributed by atoms with Gasteiger partial charge in [-0.15, -0.1) is 0 Å². The maximum Gasteiger partial charge on any atom is 0.356 e. The topological polar surface area (TPSA) is 67.5 Å². The Bertz CT molecular complexity index is 486. The van der Waals surface area contributed by atoms with Crippen LogP contribution in [0.5, 0.6) is 0 Å². The molecule has 0 aliphatic rings. The van der Waals surface area contributed by atoms with E-state index in [1.807, 2.05) is 0 Å². The number of nitrogens with zero attached hydrogens (tertiary/aromatic N) is 3. The Balaban J connectivity index is 2.82. The molecule has 5 nitrogen and oxygen atoms in total. The number of halogens is 2. The van der Waals surface area contributed by atoms with Crippen LogP contribution >= 0.6 is 27.5 Å². The van der Waals surface area contributed by atoms with Gasteiger partial charge in [0.2, 0.25) is 5.28 Å². The number of carboxylic acid groups (broad SMARTS) is 1. The SMILES string of the molecule is O=C(O)c1cn2c(Cl)ncc(Br)c2n1. The van der Waals surface area contributed by atoms with Crippen molar-refractivity contribution in [3.8, 4) is 0 Å². The van der Waals surface area contributed by atoms with E-state index in [1.54, 1.807) is 0 Å². The van der Waals surface area contributed by atoms with Crippen LogP contribution in [0.3, 0.4) is 0 Å². The van der Waals surface area contributed by atoms with Crippen LogP contribution in [0.15, 0.2) is 16.9 Å². The van der Waals surface area contributed by atoms with Gasteiger partial charge in [-0.3, -0.25) is 4.40 Å². The van der Waals surface area contributed by atoms with Gasteiger partial charge >= 0.3 is 5.97 Å². The first kappa shape index (κ1) is 9.42. The molecule has 0 saturated heterocycles. The van der Waals surface area contributed by atoms with Crippen molar-refractivity contribution in [3.63, 3.8) is 0 Å². The number of rotatable bonds is 1. The van der Waals surface area contributed by atoms with Gasteiger partial charge in [0.15, 0.2) is 11.3 Å². The molecule has 2 aromatic rings. The van der Waals surface area contributed by atoms with E-state index in [9.17, 15) is 4.79 Å². The fraction of sp³-hybridized carbons (Fsp3) is 0. The maximum atomic E-state index is 10.6. The largest absolute Gasteiger partial charge is 0.476 e. The zero-order valence-corrected chi connectivity index (χ0v) is 8.95. The highest BCUT2D eigenvalue weighted by Gasteiger charge is 2.12. The molecule has 2 aromatic heterocycles. The highest BCUT2D eigenvalue weighted by molar-refractivity contribution is 9.10. The normalized spacial score (nSPS) is 10.7. The third-order valence-electron chi connectivity index (χ3n) is 1.62. The molecule has 0 spiro atoms. The summed E-state index contributed by atoms with van der Waals surface area (Å²) in [4.78, 5) is 18.3. The first-order valence-electron chi connectivity index (χ1n) is 3.52. The van der Waals surface area contributed by atoms with Crippen molar-refractivity contribution in [2.24, 2.45) is 0 Å². The minimum Gasteiger partial charge on any atom is -0.476 e. The van der Waals surface area contributed by atoms with E-state index in [-0.39, 0.29) is 11.0 Å². The highest BCUT2D eigenvalue weighted by Crippen LogP contribution is 2.19. The standard InChI is InChI=1S/C7H3BrClN3O2/c8-3-1-10-7(9)12-2-4(6(13)14)11-5(3)12/h1-2H,(H,13,14). The molecule has 2 rings (SSSR count). The fourth-order valence-electron chi connectivity index (χ4n) is 1.02. The Kier molecular flexibility index (Phi) is 2.16. The van der Waals surface area contributed by atoms with Gasteiger partial charge in [-0.25, -0.2) is 14.8 Å². The number of carboxylic acids is 1. The zero-order valence-electron chi connectivity index (χ0n) is 6.61. The van der Waals surface area contributed by atoms with Crippen molar-refractivity contribution in [1.29, 1.82) is 0 Å². The number of hydrogen-bond donors (Lipinski definition) is 1. The van der Waals surface area contributed by atoms with Crippen molar-refractivity contribution in [2.75, 3.05) is 0 Å². The van der Waals surface area contributed by atoms with Crippen LogP contribution in [0.2, 0.25) is 5.28 Å². The maximum absolute atomic E-state index is 10.6. The van der Waals surface area contributed by atoms with Crippen molar-refractivity contribution in [3.05, 3.63) is 27.8 Å². The molecule has 2 heterocycles. The van der Waals surface area contributed by atoms with Gasteiger partial charge in [0.05, 0.1) is 4.47 Å². The molecule has 0 unspecified atom stereocenters. The summed E-state index contributed by atoms with van der Waals surface area (Å²) in [6.07, 6.45) is 2.79. The van der Waals surface area contributed by atoms with Crippen LogP contribution in [0.25, 0.3) is 5.65 Å². The summed E-state index contributed by atoms with van der Waals surface area (Å²) in [6, 6.07) is 0. The van der Waals surface area contributed by atoms with Crippen LogP contribution < -0.4 is 0 Å². The van der Waals surface area contributed by atoms with E-state index in [0.29, 0.717) is 10.1 Å². The van der Waals surface area contributed by atoms with Gasteiger partial charge < -0.3 is 5.11 Å². The molecular formula is C7H3BrClN3O2. The lowest BCUT2D eigenvalue weighted by atomic mass is 10.5. The number of carbonyl (C=O) groups is 1. The molecule has 7 heteroatoms. The Hall–Kier alpha value is -1.14. The average Bonchev–Trinajstić information content (AvgIpc) is 2.57. The predicted molar refractivity (Wildman–Crippen MR) is 52.7 cm³/mol. The lowest BCUT2D eigenvalue weighted by Gasteiger charge is -1.96. The molecule has 0 bridgehead atoms. The Morgan fingerprint density at radius 3 is 2.93 bits per heavy atom. The second kappa shape index (κ2) is 3.21. The van der Waals surface area contributed by atoms with Crippen LogP contribution in [-0.2, 0) is 0 Å². The summed E-state index contributed by atoms with van der Waals surface area (Å²) >= 11 is 8.94. The minimum absolute atomic E-state index is 0.0689. The third-order valence-corrected chi connectivity index (χ3v) is 2.46. The van der Waals surface area contributed by atoms with Gasteiger partial charge in [-0.2, -0.15) is 0 Å². The van der Waals surface area contributed by atoms with E-state index in [4.69, 9.17) is 16.7 Å². The van der Waals surface area contributed by atoms with Crippen molar-refractivity contribution >= 4 is 39.1 Å². The third kappa shape index (κ3) is 1.36. The van der Waals surface area contributed by atoms with Crippen LogP contribution in [-0.4, -0.2) is 25.4 Å². The van der Waals surface area contributed by atoms with Crippen molar-refractivity contribution in [2.45, 2.75) is 0 Å². The summed E-state index contributed by atoms with van der Waals surface area (Å²) in [6.45, 7) is 0. The molecular weight excluding hydrogens is 273 g/mol. The second-order valence-corrected chi connectivity index (χ2v) is 3.69. The lowest BCUT2D eigenvalue weighted by molar-refractivity contribution is 0.0691. The summed E-state index contributed by atoms with van der Waals surface area (Å²) in [5, 5.41) is 8.88. The fourth-order valence-corrected chi connectivity index (χ4v) is 1.58. The Labute approximate surface area is 91.5 Å². The molecule has 0 amide bonds. The van der Waals surface area contributed by atoms with Crippen molar-refractivity contribution in [1.82, 2.24) is 14.4 Å². The number of fused-ring (bicyclic) bond motifs is 1. The molecule has 14 heavy (non-hydrogen) atoms.